The lowest BCUT2D eigenvalue weighted by Gasteiger charge is -2.45. The molecule has 1 unspecified atom stereocenters. The molecule has 19 heavy (non-hydrogen) atoms. The summed E-state index contributed by atoms with van der Waals surface area (Å²) < 4.78 is 4.77. The molecule has 0 bridgehead atoms. The number of hydrogen-bond acceptors (Lipinski definition) is 4. The molecule has 5 heteroatoms. The van der Waals surface area contributed by atoms with Gasteiger partial charge in [0.1, 0.15) is 11.5 Å². The smallest absolute Gasteiger partial charge is 0.328 e. The molecule has 1 saturated heterocycles. The van der Waals surface area contributed by atoms with Crippen LogP contribution in [0.4, 0.5) is 0 Å². The van der Waals surface area contributed by atoms with Crippen molar-refractivity contribution < 1.29 is 14.3 Å². The number of ether oxygens (including phenoxy) is 1. The lowest BCUT2D eigenvalue weighted by atomic mass is 9.62. The summed E-state index contributed by atoms with van der Waals surface area (Å²) in [5.74, 6) is -0.137. The Morgan fingerprint density at radius 2 is 2.05 bits per heavy atom. The van der Waals surface area contributed by atoms with Crippen LogP contribution in [0, 0.1) is 22.7 Å². The van der Waals surface area contributed by atoms with E-state index in [1.807, 2.05) is 6.92 Å². The van der Waals surface area contributed by atoms with Gasteiger partial charge in [0.15, 0.2) is 0 Å². The Kier molecular flexibility index (Phi) is 3.79. The first-order valence-electron chi connectivity index (χ1n) is 6.84. The predicted octanol–water partition coefficient (Wildman–Crippen LogP) is 1.48. The van der Waals surface area contributed by atoms with Crippen LogP contribution in [0.15, 0.2) is 0 Å². The van der Waals surface area contributed by atoms with Gasteiger partial charge in [-0.25, -0.2) is 4.79 Å². The van der Waals surface area contributed by atoms with Crippen molar-refractivity contribution in [1.29, 1.82) is 5.26 Å². The van der Waals surface area contributed by atoms with E-state index in [9.17, 15) is 14.9 Å². The van der Waals surface area contributed by atoms with Crippen molar-refractivity contribution >= 4 is 11.9 Å². The SMILES string of the molecule is COC(=O)C1CCCCN1C(=O)C1(C#N)CC(C)C1. The third-order valence-corrected chi connectivity index (χ3v) is 4.25. The maximum atomic E-state index is 12.6. The number of nitriles is 1. The number of hydrogen-bond donors (Lipinski definition) is 0. The molecule has 2 rings (SSSR count). The quantitative estimate of drug-likeness (QED) is 0.708. The van der Waals surface area contributed by atoms with E-state index in [-0.39, 0.29) is 11.9 Å². The predicted molar refractivity (Wildman–Crippen MR) is 67.8 cm³/mol. The minimum atomic E-state index is -0.900. The number of likely N-dealkylation sites (tertiary alicyclic amines) is 1. The highest BCUT2D eigenvalue weighted by atomic mass is 16.5. The van der Waals surface area contributed by atoms with Crippen molar-refractivity contribution in [3.8, 4) is 6.07 Å². The molecule has 104 valence electrons. The van der Waals surface area contributed by atoms with Gasteiger partial charge in [0.25, 0.3) is 0 Å². The van der Waals surface area contributed by atoms with Crippen LogP contribution in [0.1, 0.15) is 39.0 Å². The summed E-state index contributed by atoms with van der Waals surface area (Å²) in [6, 6.07) is 1.67. The average Bonchev–Trinajstić information content (AvgIpc) is 2.42. The van der Waals surface area contributed by atoms with Gasteiger partial charge in [0.05, 0.1) is 13.2 Å². The van der Waals surface area contributed by atoms with Crippen molar-refractivity contribution in [3.05, 3.63) is 0 Å². The largest absolute Gasteiger partial charge is 0.467 e. The fourth-order valence-electron chi connectivity index (χ4n) is 3.27. The van der Waals surface area contributed by atoms with E-state index in [4.69, 9.17) is 4.74 Å². The molecule has 1 aliphatic carbocycles. The summed E-state index contributed by atoms with van der Waals surface area (Å²) in [4.78, 5) is 25.9. The second kappa shape index (κ2) is 5.20. The second-order valence-corrected chi connectivity index (χ2v) is 5.74. The molecule has 0 aromatic rings. The topological polar surface area (TPSA) is 70.4 Å². The van der Waals surface area contributed by atoms with Crippen molar-refractivity contribution in [1.82, 2.24) is 4.90 Å². The lowest BCUT2D eigenvalue weighted by Crippen LogP contribution is -2.56. The molecule has 1 amide bonds. The molecule has 1 saturated carbocycles. The van der Waals surface area contributed by atoms with Gasteiger partial charge in [-0.1, -0.05) is 6.92 Å². The Morgan fingerprint density at radius 1 is 1.37 bits per heavy atom. The van der Waals surface area contributed by atoms with Gasteiger partial charge in [-0.3, -0.25) is 4.79 Å². The highest BCUT2D eigenvalue weighted by molar-refractivity contribution is 5.90. The van der Waals surface area contributed by atoms with E-state index in [2.05, 4.69) is 6.07 Å². The Balaban J connectivity index is 2.16. The molecule has 2 aliphatic rings. The average molecular weight is 264 g/mol. The van der Waals surface area contributed by atoms with E-state index < -0.39 is 11.5 Å². The molecule has 2 fully saturated rings. The summed E-state index contributed by atoms with van der Waals surface area (Å²) in [5.41, 5.74) is -0.900. The molecule has 0 aromatic carbocycles. The van der Waals surface area contributed by atoms with Gasteiger partial charge >= 0.3 is 5.97 Å². The van der Waals surface area contributed by atoms with E-state index in [0.717, 1.165) is 12.8 Å². The number of methoxy groups -OCH3 is 1. The number of carbonyl (C=O) groups excluding carboxylic acids is 2. The van der Waals surface area contributed by atoms with Gasteiger partial charge in [-0.15, -0.1) is 0 Å². The van der Waals surface area contributed by atoms with Gasteiger partial charge in [-0.2, -0.15) is 5.26 Å². The molecule has 5 nitrogen and oxygen atoms in total. The summed E-state index contributed by atoms with van der Waals surface area (Å²) in [6.45, 7) is 2.59. The van der Waals surface area contributed by atoms with Crippen LogP contribution in [0.25, 0.3) is 0 Å². The molecule has 0 spiro atoms. The summed E-state index contributed by atoms with van der Waals surface area (Å²) >= 11 is 0. The van der Waals surface area contributed by atoms with Crippen LogP contribution in [-0.4, -0.2) is 36.5 Å². The van der Waals surface area contributed by atoms with E-state index >= 15 is 0 Å². The van der Waals surface area contributed by atoms with Gasteiger partial charge in [0, 0.05) is 6.54 Å². The summed E-state index contributed by atoms with van der Waals surface area (Å²) in [7, 11) is 1.34. The first-order chi connectivity index (χ1) is 9.04. The van der Waals surface area contributed by atoms with E-state index in [1.54, 1.807) is 4.90 Å². The molecule has 0 aromatic heterocycles. The third kappa shape index (κ3) is 2.32. The van der Waals surface area contributed by atoms with Gasteiger partial charge in [-0.05, 0) is 38.0 Å². The number of carbonyl (C=O) groups is 2. The zero-order valence-corrected chi connectivity index (χ0v) is 11.5. The Morgan fingerprint density at radius 3 is 2.58 bits per heavy atom. The molecule has 1 heterocycles. The lowest BCUT2D eigenvalue weighted by molar-refractivity contribution is -0.161. The first-order valence-corrected chi connectivity index (χ1v) is 6.84. The number of piperidine rings is 1. The Bertz CT molecular complexity index is 421. The monoisotopic (exact) mass is 264 g/mol. The highest BCUT2D eigenvalue weighted by Crippen LogP contribution is 2.47. The van der Waals surface area contributed by atoms with E-state index in [0.29, 0.717) is 31.7 Å². The summed E-state index contributed by atoms with van der Waals surface area (Å²) in [6.07, 6.45) is 3.64. The standard InChI is InChI=1S/C14H20N2O3/c1-10-7-14(8-10,9-15)13(18)16-6-4-3-5-11(16)12(17)19-2/h10-11H,3-8H2,1-2H3. The van der Waals surface area contributed by atoms with Crippen LogP contribution in [-0.2, 0) is 14.3 Å². The zero-order chi connectivity index (χ0) is 14.0. The zero-order valence-electron chi connectivity index (χ0n) is 11.5. The number of esters is 1. The Hall–Kier alpha value is -1.57. The number of nitrogens with zero attached hydrogens (tertiary/aromatic N) is 2. The minimum absolute atomic E-state index is 0.178. The van der Waals surface area contributed by atoms with Crippen molar-refractivity contribution in [2.45, 2.75) is 45.1 Å². The Labute approximate surface area is 113 Å². The highest BCUT2D eigenvalue weighted by Gasteiger charge is 2.52. The van der Waals surface area contributed by atoms with Crippen molar-refractivity contribution in [2.24, 2.45) is 11.3 Å². The van der Waals surface area contributed by atoms with Crippen molar-refractivity contribution in [3.63, 3.8) is 0 Å². The third-order valence-electron chi connectivity index (χ3n) is 4.25. The van der Waals surface area contributed by atoms with Crippen LogP contribution >= 0.6 is 0 Å². The normalized spacial score (nSPS) is 34.1. The van der Waals surface area contributed by atoms with Gasteiger partial charge < -0.3 is 9.64 Å². The second-order valence-electron chi connectivity index (χ2n) is 5.74. The fourth-order valence-corrected chi connectivity index (χ4v) is 3.27. The molecule has 1 aliphatic heterocycles. The first kappa shape index (κ1) is 13.9. The van der Waals surface area contributed by atoms with Crippen LogP contribution in [0.2, 0.25) is 0 Å². The van der Waals surface area contributed by atoms with Crippen LogP contribution in [0.5, 0.6) is 0 Å². The molecule has 0 N–H and O–H groups in total. The van der Waals surface area contributed by atoms with Crippen molar-refractivity contribution in [2.75, 3.05) is 13.7 Å². The summed E-state index contributed by atoms with van der Waals surface area (Å²) in [5, 5.41) is 9.32. The van der Waals surface area contributed by atoms with Crippen LogP contribution < -0.4 is 0 Å². The molecule has 1 atom stereocenters. The maximum Gasteiger partial charge on any atom is 0.328 e. The molecular formula is C14H20N2O3. The minimum Gasteiger partial charge on any atom is -0.467 e. The number of rotatable bonds is 2. The number of amides is 1. The van der Waals surface area contributed by atoms with E-state index in [1.165, 1.54) is 7.11 Å². The maximum absolute atomic E-state index is 12.6. The fraction of sp³-hybridized carbons (Fsp3) is 0.786. The molecule has 0 radical (unpaired) electrons. The van der Waals surface area contributed by atoms with Crippen LogP contribution in [0.3, 0.4) is 0 Å². The van der Waals surface area contributed by atoms with Gasteiger partial charge in [0.2, 0.25) is 5.91 Å². The molecular weight excluding hydrogens is 244 g/mol.